The van der Waals surface area contributed by atoms with Crippen molar-refractivity contribution in [3.05, 3.63) is 24.2 Å². The molecule has 1 heterocycles. The number of ether oxygens (including phenoxy) is 1. The van der Waals surface area contributed by atoms with Gasteiger partial charge in [-0.3, -0.25) is 0 Å². The van der Waals surface area contributed by atoms with Crippen LogP contribution in [0.15, 0.2) is 22.8 Å². The van der Waals surface area contributed by atoms with Gasteiger partial charge in [0.1, 0.15) is 5.76 Å². The minimum Gasteiger partial charge on any atom is -0.469 e. The molecule has 0 saturated heterocycles. The number of hydrogen-bond acceptors (Lipinski definition) is 3. The first-order valence-electron chi connectivity index (χ1n) is 4.34. The number of furan rings is 1. The maximum Gasteiger partial charge on any atom is 0.106 e. The predicted molar refractivity (Wildman–Crippen MR) is 49.5 cm³/mol. The lowest BCUT2D eigenvalue weighted by atomic mass is 9.95. The quantitative estimate of drug-likeness (QED) is 0.773. The van der Waals surface area contributed by atoms with E-state index in [1.165, 1.54) is 0 Å². The second-order valence-corrected chi connectivity index (χ2v) is 3.49. The van der Waals surface area contributed by atoms with Gasteiger partial charge in [0.2, 0.25) is 0 Å². The van der Waals surface area contributed by atoms with E-state index in [9.17, 15) is 5.11 Å². The van der Waals surface area contributed by atoms with Crippen LogP contribution in [0.1, 0.15) is 19.6 Å². The molecule has 1 rings (SSSR count). The van der Waals surface area contributed by atoms with E-state index in [1.807, 2.05) is 19.1 Å². The predicted octanol–water partition coefficient (Wildman–Crippen LogP) is 1.61. The van der Waals surface area contributed by atoms with Crippen LogP contribution in [-0.2, 0) is 11.2 Å². The molecule has 3 heteroatoms. The van der Waals surface area contributed by atoms with E-state index in [4.69, 9.17) is 9.15 Å². The Bertz CT molecular complexity index is 239. The molecular formula is C10H16O3. The van der Waals surface area contributed by atoms with E-state index < -0.39 is 5.60 Å². The van der Waals surface area contributed by atoms with Crippen LogP contribution in [0, 0.1) is 0 Å². The number of hydrogen-bond donors (Lipinski definition) is 1. The molecule has 1 aromatic rings. The highest BCUT2D eigenvalue weighted by Crippen LogP contribution is 2.19. The summed E-state index contributed by atoms with van der Waals surface area (Å²) >= 11 is 0. The molecule has 0 aromatic carbocycles. The van der Waals surface area contributed by atoms with Crippen LogP contribution >= 0.6 is 0 Å². The summed E-state index contributed by atoms with van der Waals surface area (Å²) in [6, 6.07) is 3.65. The van der Waals surface area contributed by atoms with Gasteiger partial charge in [-0.1, -0.05) is 0 Å². The zero-order valence-corrected chi connectivity index (χ0v) is 8.28. The van der Waals surface area contributed by atoms with Crippen molar-refractivity contribution in [2.75, 3.05) is 7.11 Å². The first-order valence-corrected chi connectivity index (χ1v) is 4.34. The number of methoxy groups -OCH3 is 1. The average molecular weight is 184 g/mol. The summed E-state index contributed by atoms with van der Waals surface area (Å²) in [4.78, 5) is 0. The van der Waals surface area contributed by atoms with Crippen molar-refractivity contribution in [2.45, 2.75) is 32.0 Å². The molecule has 0 spiro atoms. The number of aliphatic hydroxyl groups is 1. The van der Waals surface area contributed by atoms with Gasteiger partial charge in [0.15, 0.2) is 0 Å². The zero-order valence-electron chi connectivity index (χ0n) is 8.28. The van der Waals surface area contributed by atoms with Crippen molar-refractivity contribution >= 4 is 0 Å². The van der Waals surface area contributed by atoms with Crippen molar-refractivity contribution in [1.82, 2.24) is 0 Å². The van der Waals surface area contributed by atoms with Crippen molar-refractivity contribution in [2.24, 2.45) is 0 Å². The fourth-order valence-corrected chi connectivity index (χ4v) is 1.16. The largest absolute Gasteiger partial charge is 0.469 e. The maximum atomic E-state index is 9.97. The van der Waals surface area contributed by atoms with Gasteiger partial charge < -0.3 is 14.3 Å². The zero-order chi connectivity index (χ0) is 9.90. The first-order chi connectivity index (χ1) is 6.06. The molecule has 1 N–H and O–H groups in total. The Morgan fingerprint density at radius 1 is 1.69 bits per heavy atom. The molecule has 0 bridgehead atoms. The molecule has 0 aliphatic rings. The topological polar surface area (TPSA) is 42.6 Å². The van der Waals surface area contributed by atoms with Gasteiger partial charge in [0.05, 0.1) is 18.0 Å². The van der Waals surface area contributed by atoms with Gasteiger partial charge in [-0.2, -0.15) is 0 Å². The van der Waals surface area contributed by atoms with E-state index in [-0.39, 0.29) is 6.10 Å². The van der Waals surface area contributed by atoms with Crippen molar-refractivity contribution in [3.63, 3.8) is 0 Å². The van der Waals surface area contributed by atoms with Crippen molar-refractivity contribution in [1.29, 1.82) is 0 Å². The second kappa shape index (κ2) is 3.94. The summed E-state index contributed by atoms with van der Waals surface area (Å²) in [6.07, 6.45) is 1.86. The van der Waals surface area contributed by atoms with Crippen LogP contribution in [0.2, 0.25) is 0 Å². The van der Waals surface area contributed by atoms with Gasteiger partial charge in [-0.25, -0.2) is 0 Å². The molecule has 0 amide bonds. The van der Waals surface area contributed by atoms with Gasteiger partial charge in [0.25, 0.3) is 0 Å². The van der Waals surface area contributed by atoms with Crippen LogP contribution in [0.5, 0.6) is 0 Å². The van der Waals surface area contributed by atoms with Crippen LogP contribution < -0.4 is 0 Å². The first kappa shape index (κ1) is 10.3. The Labute approximate surface area is 78.3 Å². The molecule has 0 saturated carbocycles. The van der Waals surface area contributed by atoms with E-state index in [2.05, 4.69) is 0 Å². The summed E-state index contributed by atoms with van der Waals surface area (Å²) in [6.45, 7) is 3.58. The Kier molecular flexibility index (Phi) is 3.12. The van der Waals surface area contributed by atoms with E-state index in [0.29, 0.717) is 6.42 Å². The Balaban J connectivity index is 2.61. The van der Waals surface area contributed by atoms with E-state index >= 15 is 0 Å². The van der Waals surface area contributed by atoms with Crippen LogP contribution in [-0.4, -0.2) is 23.9 Å². The number of rotatable bonds is 4. The third kappa shape index (κ3) is 2.57. The summed E-state index contributed by atoms with van der Waals surface area (Å²) in [5, 5.41) is 9.97. The van der Waals surface area contributed by atoms with Gasteiger partial charge in [-0.15, -0.1) is 0 Å². The molecule has 0 radical (unpaired) electrons. The van der Waals surface area contributed by atoms with E-state index in [1.54, 1.807) is 20.3 Å². The van der Waals surface area contributed by atoms with Crippen LogP contribution in [0.4, 0.5) is 0 Å². The summed E-state index contributed by atoms with van der Waals surface area (Å²) in [5.41, 5.74) is -0.882. The second-order valence-electron chi connectivity index (χ2n) is 3.49. The standard InChI is InChI=1S/C10H16O3/c1-8(12-3)10(2,11)7-9-5-4-6-13-9/h4-6,8,11H,7H2,1-3H3. The fraction of sp³-hybridized carbons (Fsp3) is 0.600. The highest BCUT2D eigenvalue weighted by atomic mass is 16.5. The normalized spacial score (nSPS) is 18.2. The maximum absolute atomic E-state index is 9.97. The van der Waals surface area contributed by atoms with Gasteiger partial charge >= 0.3 is 0 Å². The summed E-state index contributed by atoms with van der Waals surface area (Å²) in [5.74, 6) is 0.772. The molecule has 0 aliphatic carbocycles. The Morgan fingerprint density at radius 2 is 2.38 bits per heavy atom. The molecule has 0 fully saturated rings. The third-order valence-corrected chi connectivity index (χ3v) is 2.34. The molecule has 3 nitrogen and oxygen atoms in total. The molecule has 13 heavy (non-hydrogen) atoms. The van der Waals surface area contributed by atoms with Gasteiger partial charge in [0, 0.05) is 13.5 Å². The van der Waals surface area contributed by atoms with Crippen molar-refractivity contribution in [3.8, 4) is 0 Å². The van der Waals surface area contributed by atoms with Gasteiger partial charge in [-0.05, 0) is 26.0 Å². The monoisotopic (exact) mass is 184 g/mol. The molecule has 2 atom stereocenters. The lowest BCUT2D eigenvalue weighted by Gasteiger charge is -2.28. The highest BCUT2D eigenvalue weighted by Gasteiger charge is 2.29. The summed E-state index contributed by atoms with van der Waals surface area (Å²) in [7, 11) is 1.58. The fourth-order valence-electron chi connectivity index (χ4n) is 1.16. The molecule has 0 aliphatic heterocycles. The lowest BCUT2D eigenvalue weighted by molar-refractivity contribution is -0.0739. The van der Waals surface area contributed by atoms with Crippen LogP contribution in [0.25, 0.3) is 0 Å². The molecule has 2 unspecified atom stereocenters. The highest BCUT2D eigenvalue weighted by molar-refractivity contribution is 5.03. The SMILES string of the molecule is COC(C)C(C)(O)Cc1ccco1. The van der Waals surface area contributed by atoms with Crippen LogP contribution in [0.3, 0.4) is 0 Å². The Morgan fingerprint density at radius 3 is 2.85 bits per heavy atom. The minimum atomic E-state index is -0.882. The molecular weight excluding hydrogens is 168 g/mol. The molecule has 74 valence electrons. The van der Waals surface area contributed by atoms with E-state index in [0.717, 1.165) is 5.76 Å². The van der Waals surface area contributed by atoms with Crippen molar-refractivity contribution < 1.29 is 14.3 Å². The minimum absolute atomic E-state index is 0.211. The molecule has 1 aromatic heterocycles. The summed E-state index contributed by atoms with van der Waals surface area (Å²) < 4.78 is 10.2. The smallest absolute Gasteiger partial charge is 0.106 e. The third-order valence-electron chi connectivity index (χ3n) is 2.34. The average Bonchev–Trinajstić information content (AvgIpc) is 2.54. The Hall–Kier alpha value is -0.800. The lowest BCUT2D eigenvalue weighted by Crippen LogP contribution is -2.40.